The Hall–Kier alpha value is 0.0800. The summed E-state index contributed by atoms with van der Waals surface area (Å²) in [6.45, 7) is 5.62. The second-order valence-corrected chi connectivity index (χ2v) is 6.20. The highest BCUT2D eigenvalue weighted by atomic mass is 31.2. The fourth-order valence-electron chi connectivity index (χ4n) is 2.12. The summed E-state index contributed by atoms with van der Waals surface area (Å²) in [5.41, 5.74) is 0. The molecule has 0 unspecified atom stereocenters. The molecule has 1 aliphatic rings. The standard InChI is InChI=1S/C10H20FO3P/c1-4-13-15(12,14-5-2)10(11)8-6-7-9(10)3/h9H,4-8H2,1-3H3/t9-,10+/m1/s1. The molecular weight excluding hydrogens is 218 g/mol. The summed E-state index contributed by atoms with van der Waals surface area (Å²) in [7, 11) is -3.60. The van der Waals surface area contributed by atoms with E-state index < -0.39 is 13.0 Å². The van der Waals surface area contributed by atoms with Gasteiger partial charge in [0.05, 0.1) is 13.2 Å². The Balaban J connectivity index is 2.92. The van der Waals surface area contributed by atoms with E-state index in [2.05, 4.69) is 0 Å². The molecule has 0 spiro atoms. The van der Waals surface area contributed by atoms with Crippen LogP contribution in [0.4, 0.5) is 4.39 Å². The minimum Gasteiger partial charge on any atom is -0.307 e. The first-order valence-corrected chi connectivity index (χ1v) is 7.12. The van der Waals surface area contributed by atoms with Crippen molar-refractivity contribution in [2.24, 2.45) is 5.92 Å². The summed E-state index contributed by atoms with van der Waals surface area (Å²) in [6.07, 6.45) is 1.79. The summed E-state index contributed by atoms with van der Waals surface area (Å²) in [4.78, 5) is 0. The van der Waals surface area contributed by atoms with Gasteiger partial charge in [0.2, 0.25) is 5.41 Å². The highest BCUT2D eigenvalue weighted by Crippen LogP contribution is 2.68. The third kappa shape index (κ3) is 2.27. The molecule has 0 saturated heterocycles. The quantitative estimate of drug-likeness (QED) is 0.684. The lowest BCUT2D eigenvalue weighted by molar-refractivity contribution is 0.120. The first-order chi connectivity index (χ1) is 7.00. The maximum atomic E-state index is 14.6. The van der Waals surface area contributed by atoms with Crippen molar-refractivity contribution in [3.8, 4) is 0 Å². The van der Waals surface area contributed by atoms with Crippen LogP contribution >= 0.6 is 7.60 Å². The summed E-state index contributed by atoms with van der Waals surface area (Å²) >= 11 is 0. The van der Waals surface area contributed by atoms with Gasteiger partial charge in [0.25, 0.3) is 0 Å². The molecule has 15 heavy (non-hydrogen) atoms. The molecule has 1 rings (SSSR count). The maximum Gasteiger partial charge on any atom is 0.367 e. The van der Waals surface area contributed by atoms with Gasteiger partial charge in [-0.05, 0) is 33.1 Å². The lowest BCUT2D eigenvalue weighted by Crippen LogP contribution is -2.28. The fourth-order valence-corrected chi connectivity index (χ4v) is 4.41. The molecule has 1 aliphatic carbocycles. The van der Waals surface area contributed by atoms with E-state index in [-0.39, 0.29) is 25.6 Å². The number of halogens is 1. The van der Waals surface area contributed by atoms with E-state index in [4.69, 9.17) is 9.05 Å². The van der Waals surface area contributed by atoms with Gasteiger partial charge < -0.3 is 9.05 Å². The van der Waals surface area contributed by atoms with Crippen molar-refractivity contribution in [3.63, 3.8) is 0 Å². The molecule has 0 heterocycles. The van der Waals surface area contributed by atoms with Gasteiger partial charge in [-0.3, -0.25) is 4.57 Å². The number of hydrogen-bond donors (Lipinski definition) is 0. The molecule has 0 aromatic rings. The van der Waals surface area contributed by atoms with Gasteiger partial charge in [0, 0.05) is 5.92 Å². The van der Waals surface area contributed by atoms with Crippen LogP contribution in [0.5, 0.6) is 0 Å². The lowest BCUT2D eigenvalue weighted by Gasteiger charge is -2.32. The van der Waals surface area contributed by atoms with Crippen molar-refractivity contribution in [2.45, 2.75) is 45.4 Å². The zero-order chi connectivity index (χ0) is 11.5. The molecule has 0 N–H and O–H groups in total. The lowest BCUT2D eigenvalue weighted by atomic mass is 10.1. The van der Waals surface area contributed by atoms with Gasteiger partial charge in [-0.25, -0.2) is 4.39 Å². The Bertz CT molecular complexity index is 249. The van der Waals surface area contributed by atoms with Crippen molar-refractivity contribution >= 4 is 7.60 Å². The topological polar surface area (TPSA) is 35.5 Å². The molecule has 0 radical (unpaired) electrons. The first-order valence-electron chi connectivity index (χ1n) is 5.58. The minimum atomic E-state index is -3.60. The highest BCUT2D eigenvalue weighted by molar-refractivity contribution is 7.55. The van der Waals surface area contributed by atoms with Gasteiger partial charge in [-0.1, -0.05) is 6.92 Å². The van der Waals surface area contributed by atoms with E-state index in [1.54, 1.807) is 20.8 Å². The predicted octanol–water partition coefficient (Wildman–Crippen LogP) is 3.74. The fraction of sp³-hybridized carbons (Fsp3) is 1.00. The molecule has 1 fully saturated rings. The number of alkyl halides is 1. The molecule has 0 bridgehead atoms. The zero-order valence-electron chi connectivity index (χ0n) is 9.66. The molecule has 0 amide bonds. The minimum absolute atomic E-state index is 0.218. The van der Waals surface area contributed by atoms with Crippen LogP contribution < -0.4 is 0 Å². The average molecular weight is 238 g/mol. The van der Waals surface area contributed by atoms with E-state index >= 15 is 0 Å². The summed E-state index contributed by atoms with van der Waals surface area (Å²) < 4.78 is 37.1. The van der Waals surface area contributed by atoms with E-state index in [1.165, 1.54) is 0 Å². The monoisotopic (exact) mass is 238 g/mol. The molecule has 0 aliphatic heterocycles. The SMILES string of the molecule is CCOP(=O)(OCC)[C@@]1(F)CCC[C@H]1C. The van der Waals surface area contributed by atoms with Gasteiger partial charge in [0.1, 0.15) is 0 Å². The second kappa shape index (κ2) is 4.94. The van der Waals surface area contributed by atoms with E-state index in [0.29, 0.717) is 0 Å². The Labute approximate surface area is 90.9 Å². The molecule has 3 nitrogen and oxygen atoms in total. The second-order valence-electron chi connectivity index (χ2n) is 3.94. The third-order valence-corrected chi connectivity index (χ3v) is 5.74. The van der Waals surface area contributed by atoms with Crippen LogP contribution in [0.1, 0.15) is 40.0 Å². The first kappa shape index (κ1) is 13.1. The van der Waals surface area contributed by atoms with Gasteiger partial charge in [-0.15, -0.1) is 0 Å². The van der Waals surface area contributed by atoms with Gasteiger partial charge >= 0.3 is 7.60 Å². The molecular formula is C10H20FO3P. The van der Waals surface area contributed by atoms with Gasteiger partial charge in [-0.2, -0.15) is 0 Å². The largest absolute Gasteiger partial charge is 0.367 e. The van der Waals surface area contributed by atoms with E-state index in [0.717, 1.165) is 12.8 Å². The summed E-state index contributed by atoms with van der Waals surface area (Å²) in [5, 5.41) is -1.78. The molecule has 0 aromatic heterocycles. The Kier molecular flexibility index (Phi) is 4.33. The summed E-state index contributed by atoms with van der Waals surface area (Å²) in [5.74, 6) is -0.249. The molecule has 1 saturated carbocycles. The van der Waals surface area contributed by atoms with Crippen LogP contribution in [0.15, 0.2) is 0 Å². The average Bonchev–Trinajstić information content (AvgIpc) is 2.49. The van der Waals surface area contributed by atoms with Crippen LogP contribution in [0.2, 0.25) is 0 Å². The maximum absolute atomic E-state index is 14.6. The van der Waals surface area contributed by atoms with E-state index in [1.807, 2.05) is 0 Å². The number of hydrogen-bond acceptors (Lipinski definition) is 3. The van der Waals surface area contributed by atoms with Crippen LogP contribution in [0.3, 0.4) is 0 Å². The van der Waals surface area contributed by atoms with Gasteiger partial charge in [0.15, 0.2) is 0 Å². The smallest absolute Gasteiger partial charge is 0.307 e. The van der Waals surface area contributed by atoms with Crippen molar-refractivity contribution in [3.05, 3.63) is 0 Å². The van der Waals surface area contributed by atoms with Crippen LogP contribution in [-0.2, 0) is 13.6 Å². The van der Waals surface area contributed by atoms with Crippen molar-refractivity contribution in [2.75, 3.05) is 13.2 Å². The highest BCUT2D eigenvalue weighted by Gasteiger charge is 2.57. The van der Waals surface area contributed by atoms with Crippen LogP contribution in [0, 0.1) is 5.92 Å². The third-order valence-electron chi connectivity index (χ3n) is 2.97. The number of rotatable bonds is 5. The van der Waals surface area contributed by atoms with Crippen molar-refractivity contribution in [1.82, 2.24) is 0 Å². The Morgan fingerprint density at radius 1 is 1.40 bits per heavy atom. The Morgan fingerprint density at radius 2 is 1.93 bits per heavy atom. The Morgan fingerprint density at radius 3 is 2.27 bits per heavy atom. The van der Waals surface area contributed by atoms with Crippen molar-refractivity contribution in [1.29, 1.82) is 0 Å². The summed E-state index contributed by atoms with van der Waals surface area (Å²) in [6, 6.07) is 0. The molecule has 2 atom stereocenters. The van der Waals surface area contributed by atoms with E-state index in [9.17, 15) is 8.96 Å². The molecule has 5 heteroatoms. The van der Waals surface area contributed by atoms with Crippen molar-refractivity contribution < 1.29 is 18.0 Å². The molecule has 90 valence electrons. The van der Waals surface area contributed by atoms with Crippen LogP contribution in [-0.4, -0.2) is 18.6 Å². The predicted molar refractivity (Wildman–Crippen MR) is 57.7 cm³/mol. The van der Waals surface area contributed by atoms with Crippen LogP contribution in [0.25, 0.3) is 0 Å². The molecule has 0 aromatic carbocycles. The zero-order valence-corrected chi connectivity index (χ0v) is 10.6. The normalized spacial score (nSPS) is 32.1.